The molecule has 208 valence electrons. The lowest BCUT2D eigenvalue weighted by molar-refractivity contribution is -0.0255. The summed E-state index contributed by atoms with van der Waals surface area (Å²) in [6.45, 7) is 18.4. The molecule has 1 aliphatic rings. The number of carbonyl (C=O) groups excluding carboxylic acids is 1. The number of ether oxygens (including phenoxy) is 2. The number of β-amino-alcohol motifs (C(OH)–C–C–N with tert-alkyl or cyclic N) is 1. The van der Waals surface area contributed by atoms with Crippen LogP contribution in [0.2, 0.25) is 16.6 Å². The van der Waals surface area contributed by atoms with Crippen LogP contribution in [0.15, 0.2) is 67.3 Å². The number of carbonyl (C=O) groups is 1. The average Bonchev–Trinajstić information content (AvgIpc) is 2.89. The second-order valence-corrected chi connectivity index (χ2v) is 16.6. The van der Waals surface area contributed by atoms with Gasteiger partial charge in [0.2, 0.25) is 8.32 Å². The van der Waals surface area contributed by atoms with Crippen molar-refractivity contribution in [3.8, 4) is 5.75 Å². The lowest BCUT2D eigenvalue weighted by Crippen LogP contribution is -2.59. The minimum absolute atomic E-state index is 0.187. The van der Waals surface area contributed by atoms with Crippen LogP contribution < -0.4 is 4.74 Å². The molecular formula is C31H45NO5Si. The number of benzene rings is 2. The van der Waals surface area contributed by atoms with Gasteiger partial charge in [-0.15, -0.1) is 0 Å². The van der Waals surface area contributed by atoms with Crippen molar-refractivity contribution in [2.24, 2.45) is 0 Å². The van der Waals surface area contributed by atoms with Gasteiger partial charge in [0.1, 0.15) is 19.0 Å². The van der Waals surface area contributed by atoms with Gasteiger partial charge in [-0.3, -0.25) is 0 Å². The Labute approximate surface area is 229 Å². The van der Waals surface area contributed by atoms with Crippen LogP contribution in [0.5, 0.6) is 5.75 Å². The molecule has 0 radical (unpaired) electrons. The van der Waals surface area contributed by atoms with Crippen molar-refractivity contribution in [1.82, 2.24) is 4.90 Å². The van der Waals surface area contributed by atoms with Crippen LogP contribution in [0.4, 0.5) is 4.79 Å². The van der Waals surface area contributed by atoms with Crippen LogP contribution in [0.25, 0.3) is 0 Å². The molecule has 3 rings (SSSR count). The monoisotopic (exact) mass is 539 g/mol. The van der Waals surface area contributed by atoms with E-state index in [4.69, 9.17) is 13.9 Å². The number of amides is 1. The fourth-order valence-electron chi connectivity index (χ4n) is 6.11. The van der Waals surface area contributed by atoms with Crippen molar-refractivity contribution in [2.45, 2.75) is 82.9 Å². The summed E-state index contributed by atoms with van der Waals surface area (Å²) in [4.78, 5) is 14.7. The summed E-state index contributed by atoms with van der Waals surface area (Å²) < 4.78 is 18.5. The summed E-state index contributed by atoms with van der Waals surface area (Å²) in [5, 5.41) is 11.5. The molecule has 0 bridgehead atoms. The van der Waals surface area contributed by atoms with Gasteiger partial charge in [0.25, 0.3) is 0 Å². The molecule has 2 aromatic rings. The molecule has 1 saturated heterocycles. The third-order valence-corrected chi connectivity index (χ3v) is 13.9. The van der Waals surface area contributed by atoms with Crippen LogP contribution in [-0.4, -0.2) is 56.3 Å². The Bertz CT molecular complexity index is 1000. The van der Waals surface area contributed by atoms with E-state index in [-0.39, 0.29) is 25.2 Å². The first-order chi connectivity index (χ1) is 18.1. The van der Waals surface area contributed by atoms with Crippen LogP contribution in [-0.2, 0) is 15.8 Å². The quantitative estimate of drug-likeness (QED) is 0.248. The molecule has 7 heteroatoms. The molecule has 1 aliphatic heterocycles. The SMILES string of the molecule is C=CCOc1ccc([C@@H]2[C@@H](O)CN(C(=O)OCc3ccccc3)C[C@H]2O[Si](C(C)C)(C(C)C)C(C)C)cc1. The molecule has 1 fully saturated rings. The summed E-state index contributed by atoms with van der Waals surface area (Å²) in [6, 6.07) is 17.5. The van der Waals surface area contributed by atoms with E-state index in [2.05, 4.69) is 48.1 Å². The van der Waals surface area contributed by atoms with Gasteiger partial charge in [-0.25, -0.2) is 4.79 Å². The molecule has 1 amide bonds. The number of likely N-dealkylation sites (tertiary alicyclic amines) is 1. The summed E-state index contributed by atoms with van der Waals surface area (Å²) in [6.07, 6.45) is 0.124. The van der Waals surface area contributed by atoms with E-state index in [0.717, 1.165) is 16.9 Å². The lowest BCUT2D eigenvalue weighted by Gasteiger charge is -2.49. The summed E-state index contributed by atoms with van der Waals surface area (Å²) >= 11 is 0. The molecule has 6 nitrogen and oxygen atoms in total. The average molecular weight is 540 g/mol. The molecule has 0 saturated carbocycles. The van der Waals surface area contributed by atoms with Crippen molar-refractivity contribution >= 4 is 14.4 Å². The molecule has 0 unspecified atom stereocenters. The number of aliphatic hydroxyl groups excluding tert-OH is 1. The predicted octanol–water partition coefficient (Wildman–Crippen LogP) is 6.91. The zero-order chi connectivity index (χ0) is 27.9. The van der Waals surface area contributed by atoms with Gasteiger partial charge < -0.3 is 23.9 Å². The highest BCUT2D eigenvalue weighted by atomic mass is 28.4. The highest BCUT2D eigenvalue weighted by molar-refractivity contribution is 6.77. The number of aliphatic hydroxyl groups is 1. The maximum atomic E-state index is 13.1. The van der Waals surface area contributed by atoms with Crippen LogP contribution in [0, 0.1) is 0 Å². The Kier molecular flexibility index (Phi) is 10.6. The summed E-state index contributed by atoms with van der Waals surface area (Å²) in [7, 11) is -2.31. The molecule has 0 spiro atoms. The van der Waals surface area contributed by atoms with E-state index in [9.17, 15) is 9.90 Å². The van der Waals surface area contributed by atoms with Crippen molar-refractivity contribution in [3.05, 3.63) is 78.4 Å². The summed E-state index contributed by atoms with van der Waals surface area (Å²) in [5.41, 5.74) is 3.01. The molecule has 0 aliphatic carbocycles. The van der Waals surface area contributed by atoms with Gasteiger partial charge >= 0.3 is 6.09 Å². The van der Waals surface area contributed by atoms with Gasteiger partial charge in [0.05, 0.1) is 18.8 Å². The molecule has 38 heavy (non-hydrogen) atoms. The van der Waals surface area contributed by atoms with E-state index < -0.39 is 20.5 Å². The van der Waals surface area contributed by atoms with Crippen molar-refractivity contribution in [3.63, 3.8) is 0 Å². The highest BCUT2D eigenvalue weighted by Gasteiger charge is 2.50. The zero-order valence-corrected chi connectivity index (χ0v) is 24.8. The Morgan fingerprint density at radius 3 is 2.16 bits per heavy atom. The third kappa shape index (κ3) is 6.87. The Morgan fingerprint density at radius 1 is 1.00 bits per heavy atom. The maximum absolute atomic E-state index is 13.1. The standard InChI is InChI=1S/C31H45NO5Si/c1-8-18-35-27-16-14-26(15-17-27)30-28(33)19-32(31(34)36-21-25-12-10-9-11-13-25)20-29(30)37-38(22(2)3,23(4)5)24(6)7/h8-17,22-24,28-30,33H,1,18-21H2,2-7H3/t28-,29+,30+/m0/s1. The highest BCUT2D eigenvalue weighted by Crippen LogP contribution is 2.45. The Balaban J connectivity index is 1.90. The van der Waals surface area contributed by atoms with E-state index in [0.29, 0.717) is 29.8 Å². The van der Waals surface area contributed by atoms with Crippen LogP contribution >= 0.6 is 0 Å². The molecule has 0 aromatic heterocycles. The van der Waals surface area contributed by atoms with Gasteiger partial charge in [-0.2, -0.15) is 0 Å². The fourth-order valence-corrected chi connectivity index (χ4v) is 11.7. The number of hydrogen-bond donors (Lipinski definition) is 1. The van der Waals surface area contributed by atoms with Gasteiger partial charge in [0.15, 0.2) is 0 Å². The Morgan fingerprint density at radius 2 is 1.61 bits per heavy atom. The fraction of sp³-hybridized carbons (Fsp3) is 0.516. The molecule has 1 N–H and O–H groups in total. The zero-order valence-electron chi connectivity index (χ0n) is 23.8. The minimum Gasteiger partial charge on any atom is -0.490 e. The molecule has 2 aromatic carbocycles. The first-order valence-electron chi connectivity index (χ1n) is 13.7. The number of nitrogens with zero attached hydrogens (tertiary/aromatic N) is 1. The van der Waals surface area contributed by atoms with Crippen LogP contribution in [0.1, 0.15) is 58.6 Å². The number of hydrogen-bond acceptors (Lipinski definition) is 5. The number of rotatable bonds is 11. The molecule has 3 atom stereocenters. The second kappa shape index (κ2) is 13.4. The van der Waals surface area contributed by atoms with Gasteiger partial charge in [0, 0.05) is 12.5 Å². The lowest BCUT2D eigenvalue weighted by atomic mass is 9.85. The number of piperidine rings is 1. The van der Waals surface area contributed by atoms with E-state index in [1.807, 2.05) is 54.6 Å². The third-order valence-electron chi connectivity index (χ3n) is 7.78. The van der Waals surface area contributed by atoms with Crippen molar-refractivity contribution < 1.29 is 23.8 Å². The minimum atomic E-state index is -2.31. The topological polar surface area (TPSA) is 68.2 Å². The first kappa shape index (κ1) is 29.9. The largest absolute Gasteiger partial charge is 0.490 e. The normalized spacial score (nSPS) is 20.2. The van der Waals surface area contributed by atoms with Gasteiger partial charge in [-0.1, -0.05) is 96.7 Å². The maximum Gasteiger partial charge on any atom is 0.410 e. The predicted molar refractivity (Wildman–Crippen MR) is 155 cm³/mol. The van der Waals surface area contributed by atoms with E-state index in [1.165, 1.54) is 0 Å². The van der Waals surface area contributed by atoms with Gasteiger partial charge in [-0.05, 0) is 39.9 Å². The van der Waals surface area contributed by atoms with Crippen LogP contribution in [0.3, 0.4) is 0 Å². The van der Waals surface area contributed by atoms with E-state index in [1.54, 1.807) is 11.0 Å². The van der Waals surface area contributed by atoms with E-state index >= 15 is 0 Å². The summed E-state index contributed by atoms with van der Waals surface area (Å²) in [5.74, 6) is 0.475. The van der Waals surface area contributed by atoms with Crippen molar-refractivity contribution in [1.29, 1.82) is 0 Å². The molecular weight excluding hydrogens is 494 g/mol. The Hall–Kier alpha value is -2.61. The smallest absolute Gasteiger partial charge is 0.410 e. The molecule has 1 heterocycles. The van der Waals surface area contributed by atoms with Crippen molar-refractivity contribution in [2.75, 3.05) is 19.7 Å². The first-order valence-corrected chi connectivity index (χ1v) is 15.9. The second-order valence-electron chi connectivity index (χ2n) is 11.2.